The van der Waals surface area contributed by atoms with Gasteiger partial charge in [-0.3, -0.25) is 14.4 Å². The van der Waals surface area contributed by atoms with E-state index in [0.717, 1.165) is 34.4 Å². The van der Waals surface area contributed by atoms with Crippen LogP contribution in [0.25, 0.3) is 22.5 Å². The molecule has 3 aromatic carbocycles. The normalized spacial score (nSPS) is 12.6. The second-order valence-corrected chi connectivity index (χ2v) is 16.0. The van der Waals surface area contributed by atoms with Gasteiger partial charge in [-0.15, -0.1) is 0 Å². The van der Waals surface area contributed by atoms with Crippen LogP contribution in [0.2, 0.25) is 0 Å². The van der Waals surface area contributed by atoms with Gasteiger partial charge >= 0.3 is 11.9 Å². The number of benzene rings is 3. The summed E-state index contributed by atoms with van der Waals surface area (Å²) < 4.78 is 11.3. The second kappa shape index (κ2) is 19.8. The van der Waals surface area contributed by atoms with Crippen molar-refractivity contribution in [1.82, 2.24) is 20.6 Å². The first-order valence-corrected chi connectivity index (χ1v) is 19.3. The number of carbonyl (C=O) groups excluding carboxylic acids is 3. The molecule has 0 aliphatic heterocycles. The molecule has 2 atom stereocenters. The van der Waals surface area contributed by atoms with Crippen LogP contribution in [0.1, 0.15) is 108 Å². The lowest BCUT2D eigenvalue weighted by Crippen LogP contribution is -2.53. The first-order chi connectivity index (χ1) is 26.5. The number of hydrogen-bond donors (Lipinski definition) is 3. The maximum absolute atomic E-state index is 13.8. The number of unbranched alkanes of at least 4 members (excludes halogenated alkanes) is 4. The molecular formula is C45H56N4O7. The van der Waals surface area contributed by atoms with Crippen LogP contribution >= 0.6 is 0 Å². The largest absolute Gasteiger partial charge is 0.494 e. The first-order valence-electron chi connectivity index (χ1n) is 19.3. The number of amides is 2. The quantitative estimate of drug-likeness (QED) is 0.0673. The molecule has 4 aromatic rings. The van der Waals surface area contributed by atoms with Gasteiger partial charge in [0.25, 0.3) is 5.91 Å². The molecule has 11 heteroatoms. The molecule has 0 saturated carbocycles. The zero-order chi connectivity index (χ0) is 40.9. The molecule has 1 heterocycles. The highest BCUT2D eigenvalue weighted by Gasteiger charge is 2.32. The molecule has 3 N–H and O–H groups in total. The van der Waals surface area contributed by atoms with E-state index in [-0.39, 0.29) is 11.8 Å². The zero-order valence-electron chi connectivity index (χ0n) is 33.7. The first kappa shape index (κ1) is 43.2. The van der Waals surface area contributed by atoms with E-state index in [1.807, 2.05) is 60.7 Å². The Hall–Kier alpha value is -5.58. The smallest absolute Gasteiger partial charge is 0.329 e. The number of hydrogen-bond acceptors (Lipinski definition) is 8. The number of carbonyl (C=O) groups is 4. The average molecular weight is 765 g/mol. The standard InChI is InChI=1S/C45H56N4O7/c1-8-9-10-11-12-25-55-36-23-19-31(20-24-36)34-28-46-40(47-29-34)32-15-13-30(14-16-32)26-37(48-41(52)33-17-21-35(22-18-33)44(2,3)4)42(53)49-38(27-39(50)51)43(54)56-45(5,6)7/h13-24,28-29,37-38H,8-12,25-27H2,1-7H3,(H,48,52)(H,49,53)(H,50,51). The highest BCUT2D eigenvalue weighted by Crippen LogP contribution is 2.25. The number of ether oxygens (including phenoxy) is 2. The molecule has 0 saturated heterocycles. The summed E-state index contributed by atoms with van der Waals surface area (Å²) in [7, 11) is 0. The third kappa shape index (κ3) is 13.6. The van der Waals surface area contributed by atoms with Gasteiger partial charge in [-0.05, 0) is 73.6 Å². The highest BCUT2D eigenvalue weighted by molar-refractivity contribution is 5.98. The van der Waals surface area contributed by atoms with E-state index in [2.05, 4.69) is 48.3 Å². The Bertz CT molecular complexity index is 1900. The van der Waals surface area contributed by atoms with Crippen LogP contribution in [-0.4, -0.2) is 63.1 Å². The molecule has 0 aliphatic rings. The van der Waals surface area contributed by atoms with Crippen molar-refractivity contribution in [2.75, 3.05) is 6.61 Å². The summed E-state index contributed by atoms with van der Waals surface area (Å²) in [5.74, 6) is -2.06. The van der Waals surface area contributed by atoms with E-state index in [4.69, 9.17) is 9.47 Å². The minimum absolute atomic E-state index is 0.0460. The molecule has 56 heavy (non-hydrogen) atoms. The fourth-order valence-corrected chi connectivity index (χ4v) is 5.88. The predicted molar refractivity (Wildman–Crippen MR) is 217 cm³/mol. The van der Waals surface area contributed by atoms with Gasteiger partial charge in [-0.1, -0.05) is 102 Å². The number of aromatic nitrogens is 2. The molecule has 298 valence electrons. The van der Waals surface area contributed by atoms with Gasteiger partial charge in [0.2, 0.25) is 5.91 Å². The van der Waals surface area contributed by atoms with Crippen molar-refractivity contribution in [3.8, 4) is 28.3 Å². The van der Waals surface area contributed by atoms with Crippen molar-refractivity contribution >= 4 is 23.8 Å². The summed E-state index contributed by atoms with van der Waals surface area (Å²) in [5.41, 5.74) is 3.63. The Labute approximate surface area is 330 Å². The second-order valence-electron chi connectivity index (χ2n) is 16.0. The lowest BCUT2D eigenvalue weighted by atomic mass is 9.86. The van der Waals surface area contributed by atoms with Crippen LogP contribution in [0.5, 0.6) is 5.75 Å². The highest BCUT2D eigenvalue weighted by atomic mass is 16.6. The van der Waals surface area contributed by atoms with Crippen molar-refractivity contribution < 1.29 is 33.8 Å². The SMILES string of the molecule is CCCCCCCOc1ccc(-c2cnc(-c3ccc(CC(NC(=O)c4ccc(C(C)(C)C)cc4)C(=O)NC(CC(=O)O)C(=O)OC(C)(C)C)cc3)nc2)cc1. The van der Waals surface area contributed by atoms with Crippen LogP contribution in [-0.2, 0) is 31.0 Å². The van der Waals surface area contributed by atoms with Gasteiger partial charge in [0.15, 0.2) is 5.82 Å². The van der Waals surface area contributed by atoms with E-state index >= 15 is 0 Å². The molecule has 11 nitrogen and oxygen atoms in total. The summed E-state index contributed by atoms with van der Waals surface area (Å²) >= 11 is 0. The van der Waals surface area contributed by atoms with Crippen molar-refractivity contribution in [2.45, 2.75) is 117 Å². The fourth-order valence-electron chi connectivity index (χ4n) is 5.88. The van der Waals surface area contributed by atoms with Gasteiger partial charge in [0, 0.05) is 35.5 Å². The number of aliphatic carboxylic acids is 1. The minimum atomic E-state index is -1.47. The van der Waals surface area contributed by atoms with Gasteiger partial charge in [-0.2, -0.15) is 0 Å². The molecule has 0 bridgehead atoms. The van der Waals surface area contributed by atoms with E-state index in [1.54, 1.807) is 45.3 Å². The van der Waals surface area contributed by atoms with Crippen molar-refractivity contribution in [3.63, 3.8) is 0 Å². The fraction of sp³-hybridized carbons (Fsp3) is 0.422. The lowest BCUT2D eigenvalue weighted by Gasteiger charge is -2.26. The van der Waals surface area contributed by atoms with Crippen molar-refractivity contribution in [2.24, 2.45) is 0 Å². The van der Waals surface area contributed by atoms with E-state index < -0.39 is 47.9 Å². The Morgan fingerprint density at radius 3 is 1.89 bits per heavy atom. The minimum Gasteiger partial charge on any atom is -0.494 e. The van der Waals surface area contributed by atoms with Gasteiger partial charge < -0.3 is 25.2 Å². The molecule has 0 spiro atoms. The molecule has 0 radical (unpaired) electrons. The number of carboxylic acid groups (broad SMARTS) is 1. The monoisotopic (exact) mass is 764 g/mol. The Morgan fingerprint density at radius 1 is 0.714 bits per heavy atom. The van der Waals surface area contributed by atoms with E-state index in [1.165, 1.54) is 25.7 Å². The third-order valence-electron chi connectivity index (χ3n) is 9.03. The molecule has 4 rings (SSSR count). The average Bonchev–Trinajstić information content (AvgIpc) is 3.15. The number of carboxylic acids is 1. The zero-order valence-corrected chi connectivity index (χ0v) is 33.7. The van der Waals surface area contributed by atoms with Crippen LogP contribution in [0, 0.1) is 0 Å². The molecule has 2 unspecified atom stereocenters. The maximum Gasteiger partial charge on any atom is 0.329 e. The van der Waals surface area contributed by atoms with Crippen molar-refractivity contribution in [1.29, 1.82) is 0 Å². The number of nitrogens with one attached hydrogen (secondary N) is 2. The third-order valence-corrected chi connectivity index (χ3v) is 9.03. The lowest BCUT2D eigenvalue weighted by molar-refractivity contribution is -0.161. The van der Waals surface area contributed by atoms with Crippen LogP contribution in [0.4, 0.5) is 0 Å². The molecule has 2 amide bonds. The molecule has 0 aliphatic carbocycles. The van der Waals surface area contributed by atoms with Crippen LogP contribution < -0.4 is 15.4 Å². The summed E-state index contributed by atoms with van der Waals surface area (Å²) in [6.07, 6.45) is 8.83. The summed E-state index contributed by atoms with van der Waals surface area (Å²) in [6.45, 7) is 14.1. The summed E-state index contributed by atoms with van der Waals surface area (Å²) in [4.78, 5) is 61.0. The number of esters is 1. The molecule has 1 aromatic heterocycles. The van der Waals surface area contributed by atoms with Crippen LogP contribution in [0.3, 0.4) is 0 Å². The van der Waals surface area contributed by atoms with Gasteiger partial charge in [0.05, 0.1) is 13.0 Å². The Morgan fingerprint density at radius 2 is 1.32 bits per heavy atom. The van der Waals surface area contributed by atoms with Crippen LogP contribution in [0.15, 0.2) is 85.2 Å². The Balaban J connectivity index is 1.47. The summed E-state index contributed by atoms with van der Waals surface area (Å²) in [5, 5.41) is 14.8. The topological polar surface area (TPSA) is 157 Å². The molecular weight excluding hydrogens is 709 g/mol. The van der Waals surface area contributed by atoms with E-state index in [0.29, 0.717) is 23.6 Å². The van der Waals surface area contributed by atoms with Gasteiger partial charge in [0.1, 0.15) is 23.4 Å². The predicted octanol–water partition coefficient (Wildman–Crippen LogP) is 8.10. The van der Waals surface area contributed by atoms with Crippen molar-refractivity contribution in [3.05, 3.63) is 102 Å². The van der Waals surface area contributed by atoms with E-state index in [9.17, 15) is 24.3 Å². The molecule has 0 fully saturated rings. The number of nitrogens with zero attached hydrogens (tertiary/aromatic N) is 2. The van der Waals surface area contributed by atoms with Gasteiger partial charge in [-0.25, -0.2) is 14.8 Å². The maximum atomic E-state index is 13.8. The number of rotatable bonds is 18. The summed E-state index contributed by atoms with van der Waals surface area (Å²) in [6, 6.07) is 19.7. The Kier molecular flexibility index (Phi) is 15.3.